The fraction of sp³-hybridized carbons (Fsp3) is 0.130. The van der Waals surface area contributed by atoms with Crippen molar-refractivity contribution in [1.82, 2.24) is 0 Å². The molecule has 1 aliphatic rings. The van der Waals surface area contributed by atoms with E-state index >= 15 is 0 Å². The van der Waals surface area contributed by atoms with Gasteiger partial charge in [0.25, 0.3) is 0 Å². The summed E-state index contributed by atoms with van der Waals surface area (Å²) < 4.78 is 25.9. The lowest BCUT2D eigenvalue weighted by molar-refractivity contribution is 0.0980. The number of rotatable bonds is 5. The second-order valence-electron chi connectivity index (χ2n) is 7.44. The number of aliphatic hydroxyl groups excluding tert-OH is 1. The van der Waals surface area contributed by atoms with Crippen molar-refractivity contribution in [3.8, 4) is 0 Å². The van der Waals surface area contributed by atoms with Gasteiger partial charge >= 0.3 is 0 Å². The number of anilines is 3. The van der Waals surface area contributed by atoms with E-state index in [9.17, 15) is 23.1 Å². The van der Waals surface area contributed by atoms with Crippen LogP contribution in [-0.2, 0) is 9.84 Å². The summed E-state index contributed by atoms with van der Waals surface area (Å²) in [4.78, 5) is 26.5. The number of nitrogen functional groups attached to an aromatic ring is 1. The molecule has 0 atom stereocenters. The van der Waals surface area contributed by atoms with Crippen molar-refractivity contribution < 1.29 is 23.1 Å². The molecule has 164 valence electrons. The highest BCUT2D eigenvalue weighted by Crippen LogP contribution is 2.41. The summed E-state index contributed by atoms with van der Waals surface area (Å²) in [7, 11) is -3.80. The Morgan fingerprint density at radius 2 is 1.59 bits per heavy atom. The van der Waals surface area contributed by atoms with Gasteiger partial charge in [-0.3, -0.25) is 9.59 Å². The number of nitrogens with one attached hydrogen (secondary N) is 1. The third-order valence-corrected chi connectivity index (χ3v) is 7.67. The molecule has 0 unspecified atom stereocenters. The number of aryl methyl sites for hydroxylation is 1. The van der Waals surface area contributed by atoms with Gasteiger partial charge in [0.1, 0.15) is 0 Å². The first-order valence-electron chi connectivity index (χ1n) is 9.67. The van der Waals surface area contributed by atoms with Gasteiger partial charge in [0.15, 0.2) is 21.4 Å². The molecule has 0 amide bonds. The fourth-order valence-electron chi connectivity index (χ4n) is 3.75. The van der Waals surface area contributed by atoms with Gasteiger partial charge in [-0.15, -0.1) is 0 Å². The standard InChI is InChI=1S/C23H19BrN2O5S/c1-12-6-7-16(18(10-12)32(30,31)9-8-27)26-17-11-15(24)21(25)20-19(17)22(28)13-4-2-3-5-14(13)23(20)29/h2-7,10-11,26-27H,8-9,25H2,1H3. The van der Waals surface area contributed by atoms with E-state index in [1.165, 1.54) is 6.07 Å². The van der Waals surface area contributed by atoms with Crippen molar-refractivity contribution >= 4 is 54.4 Å². The zero-order valence-electron chi connectivity index (χ0n) is 17.0. The number of benzene rings is 3. The summed E-state index contributed by atoms with van der Waals surface area (Å²) in [6.45, 7) is 1.23. The van der Waals surface area contributed by atoms with Crippen LogP contribution >= 0.6 is 15.9 Å². The highest BCUT2D eigenvalue weighted by atomic mass is 79.9. The number of hydrogen-bond donors (Lipinski definition) is 3. The Hall–Kier alpha value is -3.01. The number of sulfone groups is 1. The van der Waals surface area contributed by atoms with Crippen LogP contribution in [0.3, 0.4) is 0 Å². The quantitative estimate of drug-likeness (QED) is 0.347. The zero-order chi connectivity index (χ0) is 23.2. The smallest absolute Gasteiger partial charge is 0.196 e. The van der Waals surface area contributed by atoms with E-state index in [-0.39, 0.29) is 55.8 Å². The Morgan fingerprint density at radius 1 is 0.969 bits per heavy atom. The minimum atomic E-state index is -3.80. The molecule has 0 aromatic heterocycles. The Labute approximate surface area is 193 Å². The molecule has 0 bridgehead atoms. The topological polar surface area (TPSA) is 127 Å². The van der Waals surface area contributed by atoms with Gasteiger partial charge in [-0.1, -0.05) is 30.3 Å². The average molecular weight is 515 g/mol. The number of hydrogen-bond acceptors (Lipinski definition) is 7. The van der Waals surface area contributed by atoms with Gasteiger partial charge in [0.2, 0.25) is 0 Å². The molecule has 0 radical (unpaired) electrons. The predicted molar refractivity (Wildman–Crippen MR) is 125 cm³/mol. The highest BCUT2D eigenvalue weighted by molar-refractivity contribution is 9.10. The molecule has 4 N–H and O–H groups in total. The molecule has 32 heavy (non-hydrogen) atoms. The molecule has 1 aliphatic carbocycles. The summed E-state index contributed by atoms with van der Waals surface area (Å²) in [5.74, 6) is -1.21. The van der Waals surface area contributed by atoms with Crippen molar-refractivity contribution in [2.45, 2.75) is 11.8 Å². The molecule has 0 heterocycles. The molecular formula is C23H19BrN2O5S. The maximum atomic E-state index is 13.4. The van der Waals surface area contributed by atoms with Crippen LogP contribution < -0.4 is 11.1 Å². The van der Waals surface area contributed by atoms with Gasteiger partial charge in [-0.05, 0) is 46.6 Å². The summed E-state index contributed by atoms with van der Waals surface area (Å²) in [6.07, 6.45) is 0. The Kier molecular flexibility index (Phi) is 5.66. The van der Waals surface area contributed by atoms with Crippen LogP contribution in [0.25, 0.3) is 0 Å². The first-order chi connectivity index (χ1) is 15.2. The van der Waals surface area contributed by atoms with E-state index in [1.54, 1.807) is 49.4 Å². The Bertz CT molecular complexity index is 1400. The minimum absolute atomic E-state index is 0.0109. The van der Waals surface area contributed by atoms with Gasteiger partial charge in [0.05, 0.1) is 45.4 Å². The molecule has 3 aromatic carbocycles. The van der Waals surface area contributed by atoms with E-state index in [0.717, 1.165) is 0 Å². The van der Waals surface area contributed by atoms with Crippen LogP contribution in [0, 0.1) is 6.92 Å². The lowest BCUT2D eigenvalue weighted by Crippen LogP contribution is -2.24. The number of aliphatic hydroxyl groups is 1. The predicted octanol–water partition coefficient (Wildman–Crippen LogP) is 3.62. The van der Waals surface area contributed by atoms with E-state index < -0.39 is 22.2 Å². The molecule has 0 saturated heterocycles. The molecule has 0 fully saturated rings. The van der Waals surface area contributed by atoms with Crippen LogP contribution in [0.5, 0.6) is 0 Å². The zero-order valence-corrected chi connectivity index (χ0v) is 19.4. The average Bonchev–Trinajstić information content (AvgIpc) is 2.75. The van der Waals surface area contributed by atoms with Crippen molar-refractivity contribution in [2.75, 3.05) is 23.4 Å². The van der Waals surface area contributed by atoms with Crippen LogP contribution in [0.15, 0.2) is 57.9 Å². The van der Waals surface area contributed by atoms with Crippen molar-refractivity contribution in [1.29, 1.82) is 0 Å². The third-order valence-electron chi connectivity index (χ3n) is 5.29. The molecule has 7 nitrogen and oxygen atoms in total. The SMILES string of the molecule is Cc1ccc(Nc2cc(Br)c(N)c3c2C(=O)c2ccccc2C3=O)c(S(=O)(=O)CCO)c1. The van der Waals surface area contributed by atoms with E-state index in [1.807, 2.05) is 0 Å². The maximum absolute atomic E-state index is 13.4. The number of carbonyl (C=O) groups is 2. The van der Waals surface area contributed by atoms with Gasteiger partial charge in [0, 0.05) is 15.6 Å². The minimum Gasteiger partial charge on any atom is -0.397 e. The van der Waals surface area contributed by atoms with Gasteiger partial charge in [-0.25, -0.2) is 8.42 Å². The van der Waals surface area contributed by atoms with Crippen LogP contribution in [-0.4, -0.2) is 37.5 Å². The molecule has 0 saturated carbocycles. The van der Waals surface area contributed by atoms with Crippen LogP contribution in [0.2, 0.25) is 0 Å². The summed E-state index contributed by atoms with van der Waals surface area (Å²) in [5.41, 5.74) is 8.16. The second-order valence-corrected chi connectivity index (χ2v) is 10.4. The van der Waals surface area contributed by atoms with E-state index in [0.29, 0.717) is 10.0 Å². The van der Waals surface area contributed by atoms with Crippen molar-refractivity contribution in [2.24, 2.45) is 0 Å². The van der Waals surface area contributed by atoms with Gasteiger partial charge < -0.3 is 16.2 Å². The molecule has 4 rings (SSSR count). The monoisotopic (exact) mass is 514 g/mol. The number of ketones is 2. The fourth-order valence-corrected chi connectivity index (χ4v) is 5.46. The number of fused-ring (bicyclic) bond motifs is 2. The normalized spacial score (nSPS) is 13.0. The largest absolute Gasteiger partial charge is 0.397 e. The summed E-state index contributed by atoms with van der Waals surface area (Å²) in [6, 6.07) is 12.8. The molecule has 0 spiro atoms. The Morgan fingerprint density at radius 3 is 2.22 bits per heavy atom. The lowest BCUT2D eigenvalue weighted by Gasteiger charge is -2.24. The van der Waals surface area contributed by atoms with Gasteiger partial charge in [-0.2, -0.15) is 0 Å². The highest BCUT2D eigenvalue weighted by Gasteiger charge is 2.34. The summed E-state index contributed by atoms with van der Waals surface area (Å²) in [5, 5.41) is 12.2. The number of halogens is 1. The maximum Gasteiger partial charge on any atom is 0.196 e. The van der Waals surface area contributed by atoms with Crippen molar-refractivity contribution in [3.63, 3.8) is 0 Å². The van der Waals surface area contributed by atoms with E-state index in [4.69, 9.17) is 5.73 Å². The number of nitrogens with two attached hydrogens (primary N) is 1. The third kappa shape index (κ3) is 3.62. The first-order valence-corrected chi connectivity index (χ1v) is 12.1. The molecule has 3 aromatic rings. The molecular weight excluding hydrogens is 496 g/mol. The van der Waals surface area contributed by atoms with Crippen molar-refractivity contribution in [3.05, 3.63) is 80.8 Å². The summed E-state index contributed by atoms with van der Waals surface area (Å²) >= 11 is 3.34. The lowest BCUT2D eigenvalue weighted by atomic mass is 9.82. The van der Waals surface area contributed by atoms with Crippen LogP contribution in [0.1, 0.15) is 37.4 Å². The molecule has 9 heteroatoms. The first kappa shape index (κ1) is 22.2. The second kappa shape index (κ2) is 8.16. The molecule has 0 aliphatic heterocycles. The van der Waals surface area contributed by atoms with Crippen LogP contribution in [0.4, 0.5) is 17.1 Å². The van der Waals surface area contributed by atoms with E-state index in [2.05, 4.69) is 21.2 Å². The Balaban J connectivity index is 1.93. The number of carbonyl (C=O) groups excluding carboxylic acids is 2.